The third kappa shape index (κ3) is 2.90. The van der Waals surface area contributed by atoms with Crippen LogP contribution in [0.3, 0.4) is 0 Å². The molecule has 2 rings (SSSR count). The van der Waals surface area contributed by atoms with Crippen LogP contribution in [-0.4, -0.2) is 16.3 Å². The Morgan fingerprint density at radius 1 is 1.30 bits per heavy atom. The molecule has 1 aromatic heterocycles. The van der Waals surface area contributed by atoms with Crippen molar-refractivity contribution in [2.45, 2.75) is 33.2 Å². The zero-order chi connectivity index (χ0) is 14.7. The second-order valence-electron chi connectivity index (χ2n) is 5.20. The highest BCUT2D eigenvalue weighted by Crippen LogP contribution is 2.27. The largest absolute Gasteiger partial charge is 0.306 e. The third-order valence-electron chi connectivity index (χ3n) is 3.73. The van der Waals surface area contributed by atoms with Crippen LogP contribution in [0.25, 0.3) is 0 Å². The molecular weight excluding hydrogens is 253 g/mol. The van der Waals surface area contributed by atoms with Gasteiger partial charge in [-0.15, -0.1) is 0 Å². The Morgan fingerprint density at radius 2 is 2.05 bits per heavy atom. The standard InChI is InChI=1S/C16H22FN3/c1-5-8-18-16(15-10-19-20(4)12(15)3)14-7-6-13(17)9-11(14)2/h6-7,9-10,16,18H,5,8H2,1-4H3. The lowest BCUT2D eigenvalue weighted by molar-refractivity contribution is 0.586. The fourth-order valence-corrected chi connectivity index (χ4v) is 2.44. The van der Waals surface area contributed by atoms with Crippen molar-refractivity contribution in [3.63, 3.8) is 0 Å². The lowest BCUT2D eigenvalue weighted by atomic mass is 9.95. The van der Waals surface area contributed by atoms with Gasteiger partial charge < -0.3 is 5.32 Å². The molecule has 2 aromatic rings. The molecule has 20 heavy (non-hydrogen) atoms. The molecule has 3 nitrogen and oxygen atoms in total. The van der Waals surface area contributed by atoms with Gasteiger partial charge in [-0.25, -0.2) is 4.39 Å². The second-order valence-corrected chi connectivity index (χ2v) is 5.20. The van der Waals surface area contributed by atoms with Gasteiger partial charge in [0.15, 0.2) is 0 Å². The van der Waals surface area contributed by atoms with Crippen molar-refractivity contribution in [3.05, 3.63) is 52.6 Å². The molecule has 108 valence electrons. The fraction of sp³-hybridized carbons (Fsp3) is 0.438. The van der Waals surface area contributed by atoms with Gasteiger partial charge in [-0.3, -0.25) is 4.68 Å². The van der Waals surface area contributed by atoms with Crippen molar-refractivity contribution in [1.82, 2.24) is 15.1 Å². The average molecular weight is 275 g/mol. The van der Waals surface area contributed by atoms with Crippen LogP contribution in [0, 0.1) is 19.7 Å². The smallest absolute Gasteiger partial charge is 0.123 e. The summed E-state index contributed by atoms with van der Waals surface area (Å²) in [5.74, 6) is -0.191. The first-order valence-electron chi connectivity index (χ1n) is 7.02. The molecule has 0 bridgehead atoms. The maximum atomic E-state index is 13.3. The molecule has 1 unspecified atom stereocenters. The van der Waals surface area contributed by atoms with E-state index in [1.807, 2.05) is 30.9 Å². The van der Waals surface area contributed by atoms with Gasteiger partial charge in [0.2, 0.25) is 0 Å². The predicted molar refractivity (Wildman–Crippen MR) is 79.2 cm³/mol. The lowest BCUT2D eigenvalue weighted by Crippen LogP contribution is -2.24. The summed E-state index contributed by atoms with van der Waals surface area (Å²) in [7, 11) is 1.94. The highest BCUT2D eigenvalue weighted by atomic mass is 19.1. The Balaban J connectivity index is 2.44. The van der Waals surface area contributed by atoms with Gasteiger partial charge in [0, 0.05) is 18.3 Å². The van der Waals surface area contributed by atoms with E-state index in [4.69, 9.17) is 0 Å². The molecule has 0 aliphatic heterocycles. The van der Waals surface area contributed by atoms with Crippen molar-refractivity contribution < 1.29 is 4.39 Å². The summed E-state index contributed by atoms with van der Waals surface area (Å²) in [4.78, 5) is 0. The van der Waals surface area contributed by atoms with Crippen molar-refractivity contribution >= 4 is 0 Å². The van der Waals surface area contributed by atoms with Crippen LogP contribution >= 0.6 is 0 Å². The fourth-order valence-electron chi connectivity index (χ4n) is 2.44. The molecule has 0 spiro atoms. The molecule has 0 aliphatic rings. The van der Waals surface area contributed by atoms with Crippen LogP contribution in [-0.2, 0) is 7.05 Å². The molecule has 0 radical (unpaired) electrons. The van der Waals surface area contributed by atoms with Gasteiger partial charge in [0.1, 0.15) is 5.82 Å². The molecule has 1 N–H and O–H groups in total. The van der Waals surface area contributed by atoms with E-state index in [9.17, 15) is 4.39 Å². The molecule has 0 amide bonds. The normalized spacial score (nSPS) is 12.7. The molecule has 1 heterocycles. The monoisotopic (exact) mass is 275 g/mol. The number of aryl methyl sites for hydroxylation is 2. The summed E-state index contributed by atoms with van der Waals surface area (Å²) < 4.78 is 15.2. The molecule has 1 atom stereocenters. The Labute approximate surface area is 119 Å². The van der Waals surface area contributed by atoms with E-state index in [0.29, 0.717) is 0 Å². The maximum Gasteiger partial charge on any atom is 0.123 e. The van der Waals surface area contributed by atoms with Crippen LogP contribution in [0.15, 0.2) is 24.4 Å². The summed E-state index contributed by atoms with van der Waals surface area (Å²) in [6.07, 6.45) is 2.95. The van der Waals surface area contributed by atoms with E-state index in [1.165, 1.54) is 6.07 Å². The van der Waals surface area contributed by atoms with Gasteiger partial charge in [0.05, 0.1) is 12.2 Å². The zero-order valence-electron chi connectivity index (χ0n) is 12.6. The molecule has 1 aromatic carbocycles. The van der Waals surface area contributed by atoms with E-state index >= 15 is 0 Å². The van der Waals surface area contributed by atoms with E-state index in [1.54, 1.807) is 6.07 Å². The SMILES string of the molecule is CCCNC(c1ccc(F)cc1C)c1cnn(C)c1C. The number of halogens is 1. The lowest BCUT2D eigenvalue weighted by Gasteiger charge is -2.21. The van der Waals surface area contributed by atoms with Gasteiger partial charge in [-0.1, -0.05) is 13.0 Å². The van der Waals surface area contributed by atoms with E-state index in [-0.39, 0.29) is 11.9 Å². The minimum absolute atomic E-state index is 0.0595. The zero-order valence-corrected chi connectivity index (χ0v) is 12.6. The molecule has 0 fully saturated rings. The first-order chi connectivity index (χ1) is 9.54. The molecule has 0 saturated heterocycles. The first kappa shape index (κ1) is 14.7. The van der Waals surface area contributed by atoms with Crippen LogP contribution in [0.5, 0.6) is 0 Å². The quantitative estimate of drug-likeness (QED) is 0.907. The van der Waals surface area contributed by atoms with E-state index in [2.05, 4.69) is 24.3 Å². The minimum Gasteiger partial charge on any atom is -0.306 e. The van der Waals surface area contributed by atoms with E-state index in [0.717, 1.165) is 35.3 Å². The van der Waals surface area contributed by atoms with Crippen LogP contribution in [0.4, 0.5) is 4.39 Å². The topological polar surface area (TPSA) is 29.9 Å². The third-order valence-corrected chi connectivity index (χ3v) is 3.73. The van der Waals surface area contributed by atoms with Crippen LogP contribution < -0.4 is 5.32 Å². The van der Waals surface area contributed by atoms with Gasteiger partial charge >= 0.3 is 0 Å². The van der Waals surface area contributed by atoms with Crippen LogP contribution in [0.1, 0.15) is 41.8 Å². The summed E-state index contributed by atoms with van der Waals surface area (Å²) in [6, 6.07) is 5.03. The number of nitrogens with zero attached hydrogens (tertiary/aromatic N) is 2. The Bertz CT molecular complexity index is 589. The van der Waals surface area contributed by atoms with E-state index < -0.39 is 0 Å². The molecule has 0 aliphatic carbocycles. The first-order valence-corrected chi connectivity index (χ1v) is 7.02. The minimum atomic E-state index is -0.191. The van der Waals surface area contributed by atoms with Gasteiger partial charge in [-0.05, 0) is 50.1 Å². The van der Waals surface area contributed by atoms with Crippen molar-refractivity contribution in [1.29, 1.82) is 0 Å². The summed E-state index contributed by atoms with van der Waals surface area (Å²) >= 11 is 0. The maximum absolute atomic E-state index is 13.3. The predicted octanol–water partition coefficient (Wildman–Crippen LogP) is 3.27. The Morgan fingerprint density at radius 3 is 2.60 bits per heavy atom. The van der Waals surface area contributed by atoms with Crippen molar-refractivity contribution in [3.8, 4) is 0 Å². The highest BCUT2D eigenvalue weighted by molar-refractivity contribution is 5.38. The number of rotatable bonds is 5. The number of benzene rings is 1. The van der Waals surface area contributed by atoms with Crippen molar-refractivity contribution in [2.24, 2.45) is 7.05 Å². The van der Waals surface area contributed by atoms with Crippen molar-refractivity contribution in [2.75, 3.05) is 6.54 Å². The number of hydrogen-bond acceptors (Lipinski definition) is 2. The summed E-state index contributed by atoms with van der Waals surface area (Å²) in [5.41, 5.74) is 4.34. The highest BCUT2D eigenvalue weighted by Gasteiger charge is 2.19. The number of aromatic nitrogens is 2. The number of hydrogen-bond donors (Lipinski definition) is 1. The van der Waals surface area contributed by atoms with Crippen LogP contribution in [0.2, 0.25) is 0 Å². The summed E-state index contributed by atoms with van der Waals surface area (Å²) in [5, 5.41) is 7.86. The molecular formula is C16H22FN3. The molecule has 4 heteroatoms. The van der Waals surface area contributed by atoms with Gasteiger partial charge in [0.25, 0.3) is 0 Å². The molecule has 0 saturated carbocycles. The van der Waals surface area contributed by atoms with Gasteiger partial charge in [-0.2, -0.15) is 5.10 Å². The second kappa shape index (κ2) is 6.18. The number of nitrogens with one attached hydrogen (secondary N) is 1. The average Bonchev–Trinajstić information content (AvgIpc) is 2.73. The summed E-state index contributed by atoms with van der Waals surface area (Å²) in [6.45, 7) is 7.06. The Hall–Kier alpha value is -1.68. The Kier molecular flexibility index (Phi) is 4.55.